The highest BCUT2D eigenvalue weighted by Gasteiger charge is 2.05. The summed E-state index contributed by atoms with van der Waals surface area (Å²) in [5, 5.41) is 5.51. The number of nitrogens with one attached hydrogen (secondary N) is 2. The number of methoxy groups -OCH3 is 1. The Kier molecular flexibility index (Phi) is 5.85. The van der Waals surface area contributed by atoms with E-state index in [1.807, 2.05) is 18.2 Å². The lowest BCUT2D eigenvalue weighted by molar-refractivity contribution is 0.247. The van der Waals surface area contributed by atoms with Gasteiger partial charge in [0.2, 0.25) is 0 Å². The molecule has 116 valence electrons. The van der Waals surface area contributed by atoms with E-state index in [1.165, 1.54) is 0 Å². The lowest BCUT2D eigenvalue weighted by atomic mass is 10.3. The van der Waals surface area contributed by atoms with Gasteiger partial charge in [-0.15, -0.1) is 0 Å². The highest BCUT2D eigenvalue weighted by atomic mass is 35.5. The number of aromatic nitrogens is 1. The number of pyridine rings is 1. The van der Waals surface area contributed by atoms with E-state index in [1.54, 1.807) is 31.5 Å². The molecule has 0 atom stereocenters. The smallest absolute Gasteiger partial charge is 0.319 e. The van der Waals surface area contributed by atoms with Crippen LogP contribution < -0.4 is 20.1 Å². The van der Waals surface area contributed by atoms with Gasteiger partial charge in [0.1, 0.15) is 18.1 Å². The van der Waals surface area contributed by atoms with Gasteiger partial charge in [0.15, 0.2) is 5.15 Å². The molecule has 2 rings (SSSR count). The van der Waals surface area contributed by atoms with Crippen molar-refractivity contribution in [1.82, 2.24) is 10.3 Å². The fraction of sp³-hybridized carbons (Fsp3) is 0.200. The first-order valence-electron chi connectivity index (χ1n) is 6.61. The molecule has 0 aliphatic heterocycles. The molecule has 0 fully saturated rings. The second-order valence-electron chi connectivity index (χ2n) is 4.25. The molecule has 6 nitrogen and oxygen atoms in total. The van der Waals surface area contributed by atoms with Gasteiger partial charge >= 0.3 is 6.03 Å². The van der Waals surface area contributed by atoms with Crippen LogP contribution >= 0.6 is 11.6 Å². The van der Waals surface area contributed by atoms with Crippen LogP contribution in [0.4, 0.5) is 10.5 Å². The quantitative estimate of drug-likeness (QED) is 0.634. The molecule has 7 heteroatoms. The first-order chi connectivity index (χ1) is 10.7. The van der Waals surface area contributed by atoms with E-state index in [0.717, 1.165) is 5.75 Å². The van der Waals surface area contributed by atoms with Crippen LogP contribution in [0.1, 0.15) is 0 Å². The van der Waals surface area contributed by atoms with Crippen molar-refractivity contribution in [3.05, 3.63) is 47.7 Å². The maximum Gasteiger partial charge on any atom is 0.319 e. The Labute approximate surface area is 133 Å². The summed E-state index contributed by atoms with van der Waals surface area (Å²) in [4.78, 5) is 15.6. The largest absolute Gasteiger partial charge is 0.497 e. The van der Waals surface area contributed by atoms with Crippen molar-refractivity contribution >= 4 is 23.3 Å². The summed E-state index contributed by atoms with van der Waals surface area (Å²) in [6.07, 6.45) is 1.55. The van der Waals surface area contributed by atoms with Gasteiger partial charge in [-0.2, -0.15) is 0 Å². The molecule has 0 unspecified atom stereocenters. The Hall–Kier alpha value is -2.47. The number of halogens is 1. The van der Waals surface area contributed by atoms with Crippen LogP contribution in [0.3, 0.4) is 0 Å². The molecule has 2 amide bonds. The van der Waals surface area contributed by atoms with Crippen LogP contribution in [0.5, 0.6) is 11.5 Å². The van der Waals surface area contributed by atoms with Crippen molar-refractivity contribution in [2.75, 3.05) is 25.6 Å². The zero-order valence-electron chi connectivity index (χ0n) is 12.0. The Morgan fingerprint density at radius 3 is 2.86 bits per heavy atom. The first-order valence-corrected chi connectivity index (χ1v) is 6.99. The molecule has 1 aromatic heterocycles. The van der Waals surface area contributed by atoms with Crippen LogP contribution in [0.15, 0.2) is 42.6 Å². The third-order valence-corrected chi connectivity index (χ3v) is 3.01. The van der Waals surface area contributed by atoms with Crippen LogP contribution in [0.25, 0.3) is 0 Å². The summed E-state index contributed by atoms with van der Waals surface area (Å²) in [6, 6.07) is 10.2. The molecule has 0 aliphatic carbocycles. The van der Waals surface area contributed by atoms with E-state index in [2.05, 4.69) is 15.6 Å². The number of anilines is 1. The zero-order valence-corrected chi connectivity index (χ0v) is 12.8. The highest BCUT2D eigenvalue weighted by molar-refractivity contribution is 6.32. The summed E-state index contributed by atoms with van der Waals surface area (Å²) in [5.41, 5.74) is 0.454. The van der Waals surface area contributed by atoms with E-state index in [-0.39, 0.29) is 11.2 Å². The van der Waals surface area contributed by atoms with Gasteiger partial charge in [0.25, 0.3) is 0 Å². The van der Waals surface area contributed by atoms with Crippen molar-refractivity contribution < 1.29 is 14.3 Å². The Morgan fingerprint density at radius 1 is 1.27 bits per heavy atom. The van der Waals surface area contributed by atoms with Crippen molar-refractivity contribution in [1.29, 1.82) is 0 Å². The van der Waals surface area contributed by atoms with Gasteiger partial charge in [0.05, 0.1) is 19.3 Å². The summed E-state index contributed by atoms with van der Waals surface area (Å²) < 4.78 is 10.6. The fourth-order valence-electron chi connectivity index (χ4n) is 1.67. The Bertz CT molecular complexity index is 637. The van der Waals surface area contributed by atoms with Crippen molar-refractivity contribution in [3.63, 3.8) is 0 Å². The van der Waals surface area contributed by atoms with Crippen LogP contribution in [0.2, 0.25) is 5.15 Å². The number of urea groups is 1. The second kappa shape index (κ2) is 8.09. The first kappa shape index (κ1) is 15.9. The molecule has 22 heavy (non-hydrogen) atoms. The van der Waals surface area contributed by atoms with Gasteiger partial charge in [-0.05, 0) is 24.3 Å². The number of rotatable bonds is 6. The standard InChI is InChI=1S/C15H16ClN3O3/c1-21-11-4-2-5-12(10-11)22-9-8-18-15(20)19-13-6-3-7-17-14(13)16/h2-7,10H,8-9H2,1H3,(H2,18,19,20). The van der Waals surface area contributed by atoms with E-state index in [0.29, 0.717) is 24.6 Å². The molecule has 1 heterocycles. The third kappa shape index (κ3) is 4.82. The summed E-state index contributed by atoms with van der Waals surface area (Å²) in [6.45, 7) is 0.683. The predicted octanol–water partition coefficient (Wildman–Crippen LogP) is 2.94. The average molecular weight is 322 g/mol. The number of nitrogens with zero attached hydrogens (tertiary/aromatic N) is 1. The van der Waals surface area contributed by atoms with E-state index >= 15 is 0 Å². The van der Waals surface area contributed by atoms with E-state index < -0.39 is 0 Å². The maximum absolute atomic E-state index is 11.7. The van der Waals surface area contributed by atoms with Crippen LogP contribution in [0, 0.1) is 0 Å². The molecule has 2 N–H and O–H groups in total. The van der Waals surface area contributed by atoms with E-state index in [4.69, 9.17) is 21.1 Å². The molecular formula is C15H16ClN3O3. The van der Waals surface area contributed by atoms with Gasteiger partial charge in [-0.1, -0.05) is 17.7 Å². The minimum Gasteiger partial charge on any atom is -0.497 e. The lowest BCUT2D eigenvalue weighted by Gasteiger charge is -2.10. The molecule has 0 saturated heterocycles. The third-order valence-electron chi connectivity index (χ3n) is 2.70. The van der Waals surface area contributed by atoms with Gasteiger partial charge in [0, 0.05) is 12.3 Å². The molecule has 1 aromatic carbocycles. The molecule has 0 aliphatic rings. The highest BCUT2D eigenvalue weighted by Crippen LogP contribution is 2.18. The molecular weight excluding hydrogens is 306 g/mol. The van der Waals surface area contributed by atoms with Gasteiger partial charge < -0.3 is 20.1 Å². The summed E-state index contributed by atoms with van der Waals surface area (Å²) >= 11 is 5.85. The lowest BCUT2D eigenvalue weighted by Crippen LogP contribution is -2.32. The van der Waals surface area contributed by atoms with Crippen LogP contribution in [-0.2, 0) is 0 Å². The average Bonchev–Trinajstić information content (AvgIpc) is 2.54. The molecule has 0 saturated carbocycles. The minimum atomic E-state index is -0.371. The van der Waals surface area contributed by atoms with Crippen molar-refractivity contribution in [2.45, 2.75) is 0 Å². The number of carbonyl (C=O) groups excluding carboxylic acids is 1. The fourth-order valence-corrected chi connectivity index (χ4v) is 1.84. The number of ether oxygens (including phenoxy) is 2. The van der Waals surface area contributed by atoms with Crippen molar-refractivity contribution in [2.24, 2.45) is 0 Å². The normalized spacial score (nSPS) is 9.91. The predicted molar refractivity (Wildman–Crippen MR) is 84.8 cm³/mol. The zero-order chi connectivity index (χ0) is 15.8. The van der Waals surface area contributed by atoms with Gasteiger partial charge in [-0.25, -0.2) is 9.78 Å². The van der Waals surface area contributed by atoms with E-state index in [9.17, 15) is 4.79 Å². The second-order valence-corrected chi connectivity index (χ2v) is 4.61. The molecule has 0 bridgehead atoms. The SMILES string of the molecule is COc1cccc(OCCNC(=O)Nc2cccnc2Cl)c1. The number of hydrogen-bond donors (Lipinski definition) is 2. The number of carbonyl (C=O) groups is 1. The summed E-state index contributed by atoms with van der Waals surface area (Å²) in [5.74, 6) is 1.39. The topological polar surface area (TPSA) is 72.5 Å². The molecule has 0 radical (unpaired) electrons. The minimum absolute atomic E-state index is 0.241. The number of hydrogen-bond acceptors (Lipinski definition) is 4. The maximum atomic E-state index is 11.7. The molecule has 0 spiro atoms. The van der Waals surface area contributed by atoms with Crippen LogP contribution in [-0.4, -0.2) is 31.3 Å². The number of benzene rings is 1. The Balaban J connectivity index is 1.72. The Morgan fingerprint density at radius 2 is 2.09 bits per heavy atom. The summed E-state index contributed by atoms with van der Waals surface area (Å²) in [7, 11) is 1.59. The monoisotopic (exact) mass is 321 g/mol. The number of amides is 2. The van der Waals surface area contributed by atoms with Crippen molar-refractivity contribution in [3.8, 4) is 11.5 Å². The van der Waals surface area contributed by atoms with Gasteiger partial charge in [-0.3, -0.25) is 0 Å². The molecule has 2 aromatic rings.